The molecule has 1 amide bonds. The lowest BCUT2D eigenvalue weighted by molar-refractivity contribution is 0.0291. The molecule has 0 aliphatic carbocycles. The Morgan fingerprint density at radius 3 is 2.79 bits per heavy atom. The molecule has 0 aromatic heterocycles. The topological polar surface area (TPSA) is 72.8 Å². The Hall–Kier alpha value is -1.92. The lowest BCUT2D eigenvalue weighted by atomic mass is 9.87. The van der Waals surface area contributed by atoms with Crippen LogP contribution >= 0.6 is 0 Å². The zero-order valence-electron chi connectivity index (χ0n) is 13.7. The molecule has 1 aromatic carbocycles. The van der Waals surface area contributed by atoms with Gasteiger partial charge in [0.1, 0.15) is 5.82 Å². The summed E-state index contributed by atoms with van der Waals surface area (Å²) in [5.41, 5.74) is -0.453. The van der Waals surface area contributed by atoms with Crippen LogP contribution in [0.2, 0.25) is 0 Å². The molecule has 1 fully saturated rings. The summed E-state index contributed by atoms with van der Waals surface area (Å²) in [6.45, 7) is 5.27. The summed E-state index contributed by atoms with van der Waals surface area (Å²) in [6, 6.07) is 5.94. The predicted octanol–water partition coefficient (Wildman–Crippen LogP) is 2.71. The fraction of sp³-hybridized carbons (Fsp3) is 0.500. The fourth-order valence-corrected chi connectivity index (χ4v) is 3.16. The summed E-state index contributed by atoms with van der Waals surface area (Å²) >= 11 is 0. The maximum Gasteiger partial charge on any atom is 0.407 e. The highest BCUT2D eigenvalue weighted by Crippen LogP contribution is 2.29. The molecule has 132 valence electrons. The molecule has 2 unspecified atom stereocenters. The standard InChI is InChI=1S/C18H25FN2O3/c1-2-9-18(24,14-5-7-15(19)8-6-14)10-11-20-16-4-3-12-21(13-16)17(22)23/h2,5-8,16,20,24H,1,3-4,9-13H2,(H,22,23). The average Bonchev–Trinajstić information content (AvgIpc) is 2.56. The molecule has 1 heterocycles. The number of halogens is 1. The minimum absolute atomic E-state index is 0.0936. The maximum atomic E-state index is 13.1. The molecule has 1 aliphatic heterocycles. The number of nitrogens with zero attached hydrogens (tertiary/aromatic N) is 1. The van der Waals surface area contributed by atoms with E-state index >= 15 is 0 Å². The highest BCUT2D eigenvalue weighted by atomic mass is 19.1. The molecule has 3 N–H and O–H groups in total. The molecule has 2 rings (SSSR count). The summed E-state index contributed by atoms with van der Waals surface area (Å²) in [5, 5.41) is 23.3. The number of likely N-dealkylation sites (tertiary alicyclic amines) is 1. The molecular weight excluding hydrogens is 311 g/mol. The number of amides is 1. The van der Waals surface area contributed by atoms with Gasteiger partial charge in [0.2, 0.25) is 0 Å². The summed E-state index contributed by atoms with van der Waals surface area (Å²) in [4.78, 5) is 12.5. The van der Waals surface area contributed by atoms with Crippen LogP contribution in [0.25, 0.3) is 0 Å². The van der Waals surface area contributed by atoms with E-state index < -0.39 is 11.7 Å². The second kappa shape index (κ2) is 8.26. The number of hydrogen-bond donors (Lipinski definition) is 3. The first kappa shape index (κ1) is 18.4. The van der Waals surface area contributed by atoms with Crippen LogP contribution in [0.3, 0.4) is 0 Å². The van der Waals surface area contributed by atoms with E-state index in [1.165, 1.54) is 17.0 Å². The molecule has 1 saturated heterocycles. The third kappa shape index (κ3) is 4.79. The molecule has 1 aliphatic rings. The number of carboxylic acid groups (broad SMARTS) is 1. The van der Waals surface area contributed by atoms with Gasteiger partial charge in [0.05, 0.1) is 5.60 Å². The van der Waals surface area contributed by atoms with E-state index in [0.29, 0.717) is 38.0 Å². The van der Waals surface area contributed by atoms with Gasteiger partial charge in [-0.3, -0.25) is 0 Å². The van der Waals surface area contributed by atoms with Gasteiger partial charge in [-0.25, -0.2) is 9.18 Å². The van der Waals surface area contributed by atoms with Crippen LogP contribution in [0, 0.1) is 5.82 Å². The highest BCUT2D eigenvalue weighted by Gasteiger charge is 2.29. The predicted molar refractivity (Wildman–Crippen MR) is 90.4 cm³/mol. The largest absolute Gasteiger partial charge is 0.465 e. The van der Waals surface area contributed by atoms with Gasteiger partial charge in [0.15, 0.2) is 0 Å². The van der Waals surface area contributed by atoms with Crippen LogP contribution in [0.1, 0.15) is 31.2 Å². The number of piperidine rings is 1. The molecule has 0 spiro atoms. The van der Waals surface area contributed by atoms with Gasteiger partial charge in [-0.2, -0.15) is 0 Å². The van der Waals surface area contributed by atoms with E-state index in [0.717, 1.165) is 12.8 Å². The maximum absolute atomic E-state index is 13.1. The third-order valence-corrected chi connectivity index (χ3v) is 4.53. The SMILES string of the molecule is C=CCC(O)(CCNC1CCCN(C(=O)O)C1)c1ccc(F)cc1. The van der Waals surface area contributed by atoms with Crippen LogP contribution in [0.5, 0.6) is 0 Å². The first-order chi connectivity index (χ1) is 11.4. The van der Waals surface area contributed by atoms with Crippen molar-refractivity contribution in [3.05, 3.63) is 48.3 Å². The molecule has 24 heavy (non-hydrogen) atoms. The molecule has 0 bridgehead atoms. The van der Waals surface area contributed by atoms with E-state index in [4.69, 9.17) is 5.11 Å². The lowest BCUT2D eigenvalue weighted by Gasteiger charge is -2.33. The monoisotopic (exact) mass is 336 g/mol. The zero-order chi connectivity index (χ0) is 17.6. The molecule has 0 saturated carbocycles. The van der Waals surface area contributed by atoms with Crippen molar-refractivity contribution >= 4 is 6.09 Å². The fourth-order valence-electron chi connectivity index (χ4n) is 3.16. The van der Waals surface area contributed by atoms with Crippen LogP contribution in [0.15, 0.2) is 36.9 Å². The normalized spacial score (nSPS) is 20.4. The van der Waals surface area contributed by atoms with Crippen molar-refractivity contribution < 1.29 is 19.4 Å². The van der Waals surface area contributed by atoms with E-state index in [1.54, 1.807) is 18.2 Å². The first-order valence-corrected chi connectivity index (χ1v) is 8.25. The highest BCUT2D eigenvalue weighted by molar-refractivity contribution is 5.65. The van der Waals surface area contributed by atoms with Crippen molar-refractivity contribution in [3.8, 4) is 0 Å². The quantitative estimate of drug-likeness (QED) is 0.670. The number of carbonyl (C=O) groups is 1. The molecular formula is C18H25FN2O3. The summed E-state index contributed by atoms with van der Waals surface area (Å²) in [6.07, 6.45) is 3.31. The smallest absolute Gasteiger partial charge is 0.407 e. The van der Waals surface area contributed by atoms with Crippen LogP contribution in [-0.2, 0) is 5.60 Å². The summed E-state index contributed by atoms with van der Waals surface area (Å²) in [7, 11) is 0. The van der Waals surface area contributed by atoms with Gasteiger partial charge in [0, 0.05) is 19.1 Å². The van der Waals surface area contributed by atoms with Gasteiger partial charge in [-0.05, 0) is 49.9 Å². The molecule has 1 aromatic rings. The molecule has 6 heteroatoms. The minimum atomic E-state index is -1.11. The molecule has 5 nitrogen and oxygen atoms in total. The number of hydrogen-bond acceptors (Lipinski definition) is 3. The number of nitrogens with one attached hydrogen (secondary N) is 1. The second-order valence-electron chi connectivity index (χ2n) is 6.30. The second-order valence-corrected chi connectivity index (χ2v) is 6.30. The van der Waals surface area contributed by atoms with E-state index in [9.17, 15) is 14.3 Å². The number of benzene rings is 1. The van der Waals surface area contributed by atoms with Crippen molar-refractivity contribution in [1.29, 1.82) is 0 Å². The Labute approximate surface area is 141 Å². The van der Waals surface area contributed by atoms with E-state index in [-0.39, 0.29) is 11.9 Å². The third-order valence-electron chi connectivity index (χ3n) is 4.53. The van der Waals surface area contributed by atoms with Gasteiger partial charge in [0.25, 0.3) is 0 Å². The van der Waals surface area contributed by atoms with Gasteiger partial charge in [-0.15, -0.1) is 6.58 Å². The lowest BCUT2D eigenvalue weighted by Crippen LogP contribution is -2.48. The zero-order valence-corrected chi connectivity index (χ0v) is 13.7. The van der Waals surface area contributed by atoms with Crippen molar-refractivity contribution in [2.45, 2.75) is 37.3 Å². The summed E-state index contributed by atoms with van der Waals surface area (Å²) in [5.74, 6) is -0.339. The van der Waals surface area contributed by atoms with Gasteiger partial charge >= 0.3 is 6.09 Å². The van der Waals surface area contributed by atoms with Gasteiger partial charge in [-0.1, -0.05) is 18.2 Å². The Bertz CT molecular complexity index is 564. The molecule has 0 radical (unpaired) electrons. The van der Waals surface area contributed by atoms with Crippen LogP contribution in [-0.4, -0.2) is 46.9 Å². The number of aliphatic hydroxyl groups is 1. The number of rotatable bonds is 7. The van der Waals surface area contributed by atoms with Crippen molar-refractivity contribution in [2.24, 2.45) is 0 Å². The Kier molecular flexibility index (Phi) is 6.34. The Balaban J connectivity index is 1.92. The van der Waals surface area contributed by atoms with Crippen molar-refractivity contribution in [3.63, 3.8) is 0 Å². The van der Waals surface area contributed by atoms with Crippen molar-refractivity contribution in [1.82, 2.24) is 10.2 Å². The molecule has 2 atom stereocenters. The summed E-state index contributed by atoms with van der Waals surface area (Å²) < 4.78 is 13.1. The van der Waals surface area contributed by atoms with Gasteiger partial charge < -0.3 is 20.4 Å². The van der Waals surface area contributed by atoms with E-state index in [2.05, 4.69) is 11.9 Å². The van der Waals surface area contributed by atoms with Crippen molar-refractivity contribution in [2.75, 3.05) is 19.6 Å². The van der Waals surface area contributed by atoms with Crippen LogP contribution < -0.4 is 5.32 Å². The average molecular weight is 336 g/mol. The first-order valence-electron chi connectivity index (χ1n) is 8.25. The van der Waals surface area contributed by atoms with E-state index in [1.807, 2.05) is 0 Å². The Morgan fingerprint density at radius 2 is 2.17 bits per heavy atom. The minimum Gasteiger partial charge on any atom is -0.465 e. The Morgan fingerprint density at radius 1 is 1.46 bits per heavy atom. The van der Waals surface area contributed by atoms with Crippen LogP contribution in [0.4, 0.5) is 9.18 Å².